The van der Waals surface area contributed by atoms with Crippen LogP contribution < -0.4 is 16.4 Å². The molecule has 0 saturated carbocycles. The molecule has 14 rings (SSSR count). The summed E-state index contributed by atoms with van der Waals surface area (Å²) in [5.41, 5.74) is 13.5. The van der Waals surface area contributed by atoms with Gasteiger partial charge >= 0.3 is 0 Å². The highest BCUT2D eigenvalue weighted by atomic mass is 15.0. The van der Waals surface area contributed by atoms with E-state index in [0.29, 0.717) is 0 Å². The second kappa shape index (κ2) is 9.37. The standard InChI is InChI=1S/C52H33BN2/c1-52(2,3)28-26-37-29-14-4-6-18-33(29)44-46-43(37)38(27-28)30-15-5-7-19-34(30)45(46)51-47-50(44)54-41-24-10-8-16-31(41)35-20-12-22-39(48(35)54)53(47)40-23-13-21-36-32-17-9-11-25-42(32)55(51)49(36)40/h4-27H,1-3H3. The Morgan fingerprint density at radius 1 is 0.382 bits per heavy atom. The molecular weight excluding hydrogens is 663 g/mol. The minimum Gasteiger partial charge on any atom is -0.310 e. The molecule has 254 valence electrons. The fraction of sp³-hybridized carbons (Fsp3) is 0.0769. The molecule has 0 radical (unpaired) electrons. The van der Waals surface area contributed by atoms with Crippen molar-refractivity contribution >= 4 is 121 Å². The number of hydrogen-bond acceptors (Lipinski definition) is 0. The van der Waals surface area contributed by atoms with Crippen LogP contribution >= 0.6 is 0 Å². The Hall–Kier alpha value is -6.58. The van der Waals surface area contributed by atoms with Crippen LogP contribution in [0.5, 0.6) is 0 Å². The van der Waals surface area contributed by atoms with Gasteiger partial charge in [-0.1, -0.05) is 142 Å². The summed E-state index contributed by atoms with van der Waals surface area (Å²) in [6.07, 6.45) is 0. The van der Waals surface area contributed by atoms with Gasteiger partial charge in [0, 0.05) is 48.7 Å². The average Bonchev–Trinajstić information content (AvgIpc) is 3.74. The molecule has 12 aromatic rings. The maximum Gasteiger partial charge on any atom is 0.252 e. The average molecular weight is 697 g/mol. The van der Waals surface area contributed by atoms with Crippen molar-refractivity contribution < 1.29 is 0 Å². The van der Waals surface area contributed by atoms with Gasteiger partial charge < -0.3 is 9.13 Å². The van der Waals surface area contributed by atoms with Crippen LogP contribution in [0.15, 0.2) is 146 Å². The van der Waals surface area contributed by atoms with E-state index in [1.807, 2.05) is 0 Å². The van der Waals surface area contributed by atoms with E-state index in [1.54, 1.807) is 0 Å². The molecule has 0 N–H and O–H groups in total. The predicted octanol–water partition coefficient (Wildman–Crippen LogP) is 11.5. The predicted molar refractivity (Wildman–Crippen MR) is 237 cm³/mol. The lowest BCUT2D eigenvalue weighted by Crippen LogP contribution is -2.59. The van der Waals surface area contributed by atoms with Gasteiger partial charge in [-0.05, 0) is 89.3 Å². The maximum absolute atomic E-state index is 2.67. The molecule has 2 aliphatic rings. The Morgan fingerprint density at radius 3 is 1.27 bits per heavy atom. The highest BCUT2D eigenvalue weighted by molar-refractivity contribution is 7.01. The summed E-state index contributed by atoms with van der Waals surface area (Å²) in [4.78, 5) is 0. The normalized spacial score (nSPS) is 13.7. The molecule has 0 fully saturated rings. The topological polar surface area (TPSA) is 9.86 Å². The van der Waals surface area contributed by atoms with Crippen molar-refractivity contribution in [2.75, 3.05) is 0 Å². The van der Waals surface area contributed by atoms with Crippen molar-refractivity contribution in [3.05, 3.63) is 151 Å². The molecule has 2 aliphatic heterocycles. The number of hydrogen-bond donors (Lipinski definition) is 0. The Kier molecular flexibility index (Phi) is 4.92. The minimum absolute atomic E-state index is 0.0101. The van der Waals surface area contributed by atoms with Gasteiger partial charge in [0.15, 0.2) is 0 Å². The van der Waals surface area contributed by atoms with Crippen molar-refractivity contribution in [2.24, 2.45) is 0 Å². The van der Waals surface area contributed by atoms with E-state index in [1.165, 1.54) is 131 Å². The Labute approximate surface area is 317 Å². The van der Waals surface area contributed by atoms with Gasteiger partial charge in [0.1, 0.15) is 0 Å². The third-order valence-corrected chi connectivity index (χ3v) is 13.5. The van der Waals surface area contributed by atoms with Crippen molar-refractivity contribution in [1.29, 1.82) is 0 Å². The molecule has 0 amide bonds. The van der Waals surface area contributed by atoms with Gasteiger partial charge in [-0.2, -0.15) is 0 Å². The number of fused-ring (bicyclic) bond motifs is 18. The highest BCUT2D eigenvalue weighted by Gasteiger charge is 2.43. The first-order valence-electron chi connectivity index (χ1n) is 19.7. The lowest BCUT2D eigenvalue weighted by molar-refractivity contribution is 0.592. The van der Waals surface area contributed by atoms with Gasteiger partial charge in [0.2, 0.25) is 0 Å². The first-order valence-corrected chi connectivity index (χ1v) is 19.7. The second-order valence-corrected chi connectivity index (χ2v) is 17.1. The van der Waals surface area contributed by atoms with Gasteiger partial charge in [-0.15, -0.1) is 0 Å². The van der Waals surface area contributed by atoms with E-state index >= 15 is 0 Å². The third kappa shape index (κ3) is 3.18. The Balaban J connectivity index is 1.40. The van der Waals surface area contributed by atoms with Gasteiger partial charge in [0.05, 0.1) is 22.4 Å². The molecule has 2 nitrogen and oxygen atoms in total. The summed E-state index contributed by atoms with van der Waals surface area (Å²) in [5.74, 6) is 0. The van der Waals surface area contributed by atoms with Crippen LogP contribution in [0.2, 0.25) is 0 Å². The van der Waals surface area contributed by atoms with Crippen LogP contribution in [0.1, 0.15) is 26.3 Å². The van der Waals surface area contributed by atoms with Crippen LogP contribution in [-0.2, 0) is 5.41 Å². The molecule has 3 heteroatoms. The number of rotatable bonds is 0. The van der Waals surface area contributed by atoms with Crippen molar-refractivity contribution in [3.63, 3.8) is 0 Å². The van der Waals surface area contributed by atoms with Gasteiger partial charge in [-0.25, -0.2) is 0 Å². The van der Waals surface area contributed by atoms with Gasteiger partial charge in [-0.3, -0.25) is 0 Å². The monoisotopic (exact) mass is 696 g/mol. The Morgan fingerprint density at radius 2 is 0.800 bits per heavy atom. The summed E-state index contributed by atoms with van der Waals surface area (Å²) in [6, 6.07) is 55.9. The first-order chi connectivity index (χ1) is 27.0. The molecule has 0 atom stereocenters. The zero-order valence-electron chi connectivity index (χ0n) is 30.8. The van der Waals surface area contributed by atoms with E-state index < -0.39 is 0 Å². The number of aromatic nitrogens is 2. The maximum atomic E-state index is 2.67. The molecule has 10 aromatic carbocycles. The largest absolute Gasteiger partial charge is 0.310 e. The summed E-state index contributed by atoms with van der Waals surface area (Å²) in [5, 5.41) is 18.8. The fourth-order valence-electron chi connectivity index (χ4n) is 11.4. The van der Waals surface area contributed by atoms with Crippen LogP contribution in [-0.4, -0.2) is 15.8 Å². The highest BCUT2D eigenvalue weighted by Crippen LogP contribution is 2.52. The molecule has 2 aromatic heterocycles. The molecule has 0 unspecified atom stereocenters. The molecule has 0 saturated heterocycles. The summed E-state index contributed by atoms with van der Waals surface area (Å²) < 4.78 is 5.35. The van der Waals surface area contributed by atoms with Crippen LogP contribution in [0, 0.1) is 0 Å². The molecule has 0 spiro atoms. The molecule has 0 bridgehead atoms. The lowest BCUT2D eigenvalue weighted by atomic mass is 9.34. The summed E-state index contributed by atoms with van der Waals surface area (Å²) in [7, 11) is 0. The van der Waals surface area contributed by atoms with E-state index in [2.05, 4.69) is 175 Å². The van der Waals surface area contributed by atoms with Gasteiger partial charge in [0.25, 0.3) is 6.71 Å². The summed E-state index contributed by atoms with van der Waals surface area (Å²) in [6.45, 7) is 7.12. The van der Waals surface area contributed by atoms with Crippen molar-refractivity contribution in [2.45, 2.75) is 26.2 Å². The Bertz CT molecular complexity index is 3530. The van der Waals surface area contributed by atoms with Crippen LogP contribution in [0.4, 0.5) is 0 Å². The summed E-state index contributed by atoms with van der Waals surface area (Å²) >= 11 is 0. The smallest absolute Gasteiger partial charge is 0.252 e. The molecular formula is C52H33BN2. The zero-order valence-corrected chi connectivity index (χ0v) is 30.8. The van der Waals surface area contributed by atoms with Crippen molar-refractivity contribution in [3.8, 4) is 11.4 Å². The fourth-order valence-corrected chi connectivity index (χ4v) is 11.4. The zero-order chi connectivity index (χ0) is 36.1. The van der Waals surface area contributed by atoms with E-state index in [9.17, 15) is 0 Å². The quantitative estimate of drug-likeness (QED) is 0.0849. The van der Waals surface area contributed by atoms with E-state index in [0.717, 1.165) is 0 Å². The van der Waals surface area contributed by atoms with E-state index in [4.69, 9.17) is 0 Å². The molecule has 0 aliphatic carbocycles. The first kappa shape index (κ1) is 28.9. The molecule has 4 heterocycles. The lowest BCUT2D eigenvalue weighted by Gasteiger charge is -2.36. The SMILES string of the molecule is CC(C)(C)c1cc2c3ccccc3c3c4c5c(c6c7ccccc7c(c1)c2c36)-n1c2ccccc2c2cccc(c21)B5c1cccc2c3ccccc3n-4c12. The third-order valence-electron chi connectivity index (χ3n) is 13.5. The minimum atomic E-state index is -0.0101. The number of benzene rings is 10. The second-order valence-electron chi connectivity index (χ2n) is 17.1. The van der Waals surface area contributed by atoms with Crippen LogP contribution in [0.25, 0.3) is 109 Å². The van der Waals surface area contributed by atoms with Crippen molar-refractivity contribution in [1.82, 2.24) is 9.13 Å². The van der Waals surface area contributed by atoms with Crippen LogP contribution in [0.3, 0.4) is 0 Å². The number of para-hydroxylation sites is 4. The van der Waals surface area contributed by atoms with E-state index in [-0.39, 0.29) is 12.1 Å². The number of nitrogens with zero attached hydrogens (tertiary/aromatic N) is 2. The molecule has 55 heavy (non-hydrogen) atoms.